The van der Waals surface area contributed by atoms with Gasteiger partial charge in [0.2, 0.25) is 0 Å². The van der Waals surface area contributed by atoms with Gasteiger partial charge < -0.3 is 19.7 Å². The van der Waals surface area contributed by atoms with E-state index in [2.05, 4.69) is 10.2 Å². The fraction of sp³-hybridized carbons (Fsp3) is 0.333. The molecule has 1 aliphatic rings. The molecule has 1 saturated heterocycles. The second-order valence-corrected chi connectivity index (χ2v) is 6.57. The second kappa shape index (κ2) is 9.32. The molecule has 0 spiro atoms. The maximum atomic E-state index is 12.9. The summed E-state index contributed by atoms with van der Waals surface area (Å²) in [5.41, 5.74) is 2.32. The lowest BCUT2D eigenvalue weighted by Gasteiger charge is -2.28. The van der Waals surface area contributed by atoms with Crippen molar-refractivity contribution in [3.05, 3.63) is 59.9 Å². The topological polar surface area (TPSA) is 67.9 Å². The monoisotopic (exact) mass is 386 g/mol. The molecule has 0 bridgehead atoms. The zero-order valence-corrected chi connectivity index (χ0v) is 15.7. The number of amides is 1. The van der Waals surface area contributed by atoms with Crippen molar-refractivity contribution < 1.29 is 23.5 Å². The van der Waals surface area contributed by atoms with Crippen LogP contribution in [0.4, 0.5) is 15.8 Å². The van der Waals surface area contributed by atoms with Crippen LogP contribution in [0.1, 0.15) is 12.5 Å². The number of ether oxygens (including phenoxy) is 2. The first-order chi connectivity index (χ1) is 13.5. The molecule has 0 unspecified atom stereocenters. The van der Waals surface area contributed by atoms with E-state index in [9.17, 15) is 14.0 Å². The van der Waals surface area contributed by atoms with Crippen molar-refractivity contribution in [2.45, 2.75) is 19.4 Å². The normalized spacial score (nSPS) is 15.0. The molecule has 2 aromatic carbocycles. The van der Waals surface area contributed by atoms with Gasteiger partial charge in [0, 0.05) is 24.5 Å². The first kappa shape index (κ1) is 19.8. The molecular weight excluding hydrogens is 363 g/mol. The minimum absolute atomic E-state index is 0.0217. The SMILES string of the molecule is C[C@@H](OC(=O)Cc1ccc(F)cc1)C(=O)Nc1ccc(N2CCOCC2)cc1. The molecule has 28 heavy (non-hydrogen) atoms. The van der Waals surface area contributed by atoms with E-state index in [-0.39, 0.29) is 12.2 Å². The van der Waals surface area contributed by atoms with E-state index in [0.717, 1.165) is 18.8 Å². The van der Waals surface area contributed by atoms with Gasteiger partial charge >= 0.3 is 5.97 Å². The fourth-order valence-electron chi connectivity index (χ4n) is 2.88. The molecule has 0 saturated carbocycles. The van der Waals surface area contributed by atoms with E-state index in [4.69, 9.17) is 9.47 Å². The number of anilines is 2. The van der Waals surface area contributed by atoms with Gasteiger partial charge in [-0.05, 0) is 48.9 Å². The number of carbonyl (C=O) groups excluding carboxylic acids is 2. The van der Waals surface area contributed by atoms with Crippen LogP contribution in [0.25, 0.3) is 0 Å². The number of rotatable bonds is 6. The number of nitrogens with zero attached hydrogens (tertiary/aromatic N) is 1. The number of hydrogen-bond acceptors (Lipinski definition) is 5. The Bertz CT molecular complexity index is 802. The van der Waals surface area contributed by atoms with Crippen LogP contribution in [0, 0.1) is 5.82 Å². The average molecular weight is 386 g/mol. The van der Waals surface area contributed by atoms with E-state index in [1.807, 2.05) is 24.3 Å². The number of halogens is 1. The molecule has 0 aromatic heterocycles. The molecule has 1 atom stereocenters. The van der Waals surface area contributed by atoms with Gasteiger partial charge in [0.15, 0.2) is 6.10 Å². The Kier molecular flexibility index (Phi) is 6.60. The standard InChI is InChI=1S/C21H23FN2O4/c1-15(28-20(25)14-16-2-4-17(22)5-3-16)21(26)23-18-6-8-19(9-7-18)24-10-12-27-13-11-24/h2-9,15H,10-14H2,1H3,(H,23,26)/t15-/m1/s1. The van der Waals surface area contributed by atoms with Crippen molar-refractivity contribution in [3.8, 4) is 0 Å². The van der Waals surface area contributed by atoms with Gasteiger partial charge in [-0.25, -0.2) is 4.39 Å². The Hall–Kier alpha value is -2.93. The lowest BCUT2D eigenvalue weighted by molar-refractivity contribution is -0.152. The van der Waals surface area contributed by atoms with E-state index in [0.29, 0.717) is 24.5 Å². The highest BCUT2D eigenvalue weighted by Gasteiger charge is 2.18. The van der Waals surface area contributed by atoms with Crippen LogP contribution in [-0.2, 0) is 25.5 Å². The minimum Gasteiger partial charge on any atom is -0.452 e. The van der Waals surface area contributed by atoms with Crippen LogP contribution < -0.4 is 10.2 Å². The molecule has 7 heteroatoms. The summed E-state index contributed by atoms with van der Waals surface area (Å²) in [7, 11) is 0. The third-order valence-corrected chi connectivity index (χ3v) is 4.45. The second-order valence-electron chi connectivity index (χ2n) is 6.57. The minimum atomic E-state index is -0.938. The van der Waals surface area contributed by atoms with E-state index < -0.39 is 18.0 Å². The highest BCUT2D eigenvalue weighted by Crippen LogP contribution is 2.19. The van der Waals surface area contributed by atoms with Crippen molar-refractivity contribution >= 4 is 23.3 Å². The average Bonchev–Trinajstić information content (AvgIpc) is 2.71. The number of carbonyl (C=O) groups is 2. The molecule has 0 aliphatic carbocycles. The first-order valence-electron chi connectivity index (χ1n) is 9.19. The highest BCUT2D eigenvalue weighted by molar-refractivity contribution is 5.95. The largest absolute Gasteiger partial charge is 0.452 e. The van der Waals surface area contributed by atoms with Gasteiger partial charge in [0.05, 0.1) is 19.6 Å². The summed E-state index contributed by atoms with van der Waals surface area (Å²) in [5.74, 6) is -1.33. The Morgan fingerprint density at radius 1 is 1.11 bits per heavy atom. The predicted molar refractivity (Wildman–Crippen MR) is 104 cm³/mol. The summed E-state index contributed by atoms with van der Waals surface area (Å²) in [4.78, 5) is 26.5. The molecule has 1 fully saturated rings. The summed E-state index contributed by atoms with van der Waals surface area (Å²) >= 11 is 0. The van der Waals surface area contributed by atoms with Crippen LogP contribution in [0.5, 0.6) is 0 Å². The van der Waals surface area contributed by atoms with Crippen LogP contribution in [0.2, 0.25) is 0 Å². The fourth-order valence-corrected chi connectivity index (χ4v) is 2.88. The molecule has 1 aliphatic heterocycles. The van der Waals surface area contributed by atoms with Crippen molar-refractivity contribution in [1.29, 1.82) is 0 Å². The molecular formula is C21H23FN2O4. The summed E-state index contributed by atoms with van der Waals surface area (Å²) in [6.07, 6.45) is -0.960. The van der Waals surface area contributed by atoms with Gasteiger partial charge in [0.1, 0.15) is 5.82 Å². The Balaban J connectivity index is 1.49. The zero-order chi connectivity index (χ0) is 19.9. The molecule has 0 radical (unpaired) electrons. The van der Waals surface area contributed by atoms with Crippen molar-refractivity contribution in [2.75, 3.05) is 36.5 Å². The van der Waals surface area contributed by atoms with Gasteiger partial charge in [-0.15, -0.1) is 0 Å². The molecule has 1 N–H and O–H groups in total. The van der Waals surface area contributed by atoms with Crippen molar-refractivity contribution in [3.63, 3.8) is 0 Å². The maximum Gasteiger partial charge on any atom is 0.311 e. The van der Waals surface area contributed by atoms with Crippen LogP contribution in [-0.4, -0.2) is 44.3 Å². The third kappa shape index (κ3) is 5.53. The maximum absolute atomic E-state index is 12.9. The third-order valence-electron chi connectivity index (χ3n) is 4.45. The molecule has 1 heterocycles. The van der Waals surface area contributed by atoms with Crippen LogP contribution in [0.15, 0.2) is 48.5 Å². The number of esters is 1. The smallest absolute Gasteiger partial charge is 0.311 e. The van der Waals surface area contributed by atoms with Gasteiger partial charge in [-0.2, -0.15) is 0 Å². The lowest BCUT2D eigenvalue weighted by atomic mass is 10.1. The molecule has 1 amide bonds. The predicted octanol–water partition coefficient (Wildman–Crippen LogP) is 2.78. The van der Waals surface area contributed by atoms with Crippen LogP contribution >= 0.6 is 0 Å². The summed E-state index contributed by atoms with van der Waals surface area (Å²) < 4.78 is 23.4. The van der Waals surface area contributed by atoms with Gasteiger partial charge in [0.25, 0.3) is 5.91 Å². The van der Waals surface area contributed by atoms with Gasteiger partial charge in [-0.1, -0.05) is 12.1 Å². The van der Waals surface area contributed by atoms with Crippen molar-refractivity contribution in [1.82, 2.24) is 0 Å². The molecule has 2 aromatic rings. The van der Waals surface area contributed by atoms with E-state index >= 15 is 0 Å². The van der Waals surface area contributed by atoms with E-state index in [1.165, 1.54) is 31.2 Å². The quantitative estimate of drug-likeness (QED) is 0.774. The van der Waals surface area contributed by atoms with Crippen LogP contribution in [0.3, 0.4) is 0 Å². The summed E-state index contributed by atoms with van der Waals surface area (Å²) in [5, 5.41) is 2.74. The lowest BCUT2D eigenvalue weighted by Crippen LogP contribution is -2.36. The summed E-state index contributed by atoms with van der Waals surface area (Å²) in [6.45, 7) is 4.61. The number of benzene rings is 2. The Morgan fingerprint density at radius 2 is 1.75 bits per heavy atom. The first-order valence-corrected chi connectivity index (χ1v) is 9.19. The number of morpholine rings is 1. The molecule has 3 rings (SSSR count). The van der Waals surface area contributed by atoms with Crippen molar-refractivity contribution in [2.24, 2.45) is 0 Å². The summed E-state index contributed by atoms with van der Waals surface area (Å²) in [6, 6.07) is 13.1. The molecule has 6 nitrogen and oxygen atoms in total. The Labute approximate surface area is 163 Å². The Morgan fingerprint density at radius 3 is 2.39 bits per heavy atom. The van der Waals surface area contributed by atoms with Gasteiger partial charge in [-0.3, -0.25) is 9.59 Å². The highest BCUT2D eigenvalue weighted by atomic mass is 19.1. The van der Waals surface area contributed by atoms with E-state index in [1.54, 1.807) is 0 Å². The molecule has 148 valence electrons. The number of hydrogen-bond donors (Lipinski definition) is 1. The number of nitrogens with one attached hydrogen (secondary N) is 1. The zero-order valence-electron chi connectivity index (χ0n) is 15.7.